The first-order chi connectivity index (χ1) is 15.3. The van der Waals surface area contributed by atoms with Crippen LogP contribution in [0.25, 0.3) is 0 Å². The standard InChI is InChI=1S/C25H26Cl2N2O3/c1-25(14-15-7-12-19(26)20(27)13-15)22(30)21(24(32)29-25)23(31)28-18-10-8-17(9-11-18)16-5-3-2-4-6-16/h7-13,16,21H,2-6,14H2,1H3,(H,28,31)(H,29,32). The molecule has 0 radical (unpaired) electrons. The fourth-order valence-electron chi connectivity index (χ4n) is 4.76. The van der Waals surface area contributed by atoms with Gasteiger partial charge in [-0.15, -0.1) is 0 Å². The summed E-state index contributed by atoms with van der Waals surface area (Å²) in [5, 5.41) is 6.22. The van der Waals surface area contributed by atoms with Crippen LogP contribution in [0.3, 0.4) is 0 Å². The lowest BCUT2D eigenvalue weighted by molar-refractivity contribution is -0.135. The first kappa shape index (κ1) is 22.8. The fraction of sp³-hybridized carbons (Fsp3) is 0.400. The van der Waals surface area contributed by atoms with Crippen molar-refractivity contribution in [3.63, 3.8) is 0 Å². The van der Waals surface area contributed by atoms with Crippen LogP contribution in [0, 0.1) is 5.92 Å². The van der Waals surface area contributed by atoms with Gasteiger partial charge in [-0.2, -0.15) is 0 Å². The summed E-state index contributed by atoms with van der Waals surface area (Å²) in [6, 6.07) is 12.8. The van der Waals surface area contributed by atoms with Crippen molar-refractivity contribution in [2.45, 2.75) is 56.9 Å². The van der Waals surface area contributed by atoms with Crippen molar-refractivity contribution in [2.75, 3.05) is 5.32 Å². The molecule has 0 bridgehead atoms. The fourth-order valence-corrected chi connectivity index (χ4v) is 5.08. The van der Waals surface area contributed by atoms with Crippen molar-refractivity contribution in [3.05, 3.63) is 63.6 Å². The van der Waals surface area contributed by atoms with Gasteiger partial charge in [-0.25, -0.2) is 0 Å². The molecule has 2 aromatic carbocycles. The molecule has 1 aliphatic carbocycles. The van der Waals surface area contributed by atoms with Crippen LogP contribution in [-0.4, -0.2) is 23.1 Å². The second-order valence-corrected chi connectivity index (χ2v) is 9.80. The van der Waals surface area contributed by atoms with Gasteiger partial charge in [0.15, 0.2) is 11.7 Å². The predicted molar refractivity (Wildman–Crippen MR) is 126 cm³/mol. The number of amides is 2. The van der Waals surface area contributed by atoms with Gasteiger partial charge in [0, 0.05) is 12.1 Å². The van der Waals surface area contributed by atoms with Gasteiger partial charge in [0.2, 0.25) is 11.8 Å². The van der Waals surface area contributed by atoms with E-state index in [-0.39, 0.29) is 6.42 Å². The molecular formula is C25H26Cl2N2O3. The highest BCUT2D eigenvalue weighted by Gasteiger charge is 2.52. The van der Waals surface area contributed by atoms with Gasteiger partial charge in [-0.05, 0) is 61.1 Å². The largest absolute Gasteiger partial charge is 0.342 e. The topological polar surface area (TPSA) is 75.3 Å². The lowest BCUT2D eigenvalue weighted by Gasteiger charge is -2.23. The van der Waals surface area contributed by atoms with Gasteiger partial charge in [0.05, 0.1) is 10.0 Å². The minimum absolute atomic E-state index is 0.217. The molecule has 1 saturated heterocycles. The van der Waals surface area contributed by atoms with E-state index in [9.17, 15) is 14.4 Å². The quantitative estimate of drug-likeness (QED) is 0.579. The molecule has 1 saturated carbocycles. The molecule has 4 rings (SSSR count). The van der Waals surface area contributed by atoms with Crippen LogP contribution >= 0.6 is 23.2 Å². The maximum Gasteiger partial charge on any atom is 0.244 e. The number of carbonyl (C=O) groups is 3. The Balaban J connectivity index is 1.43. The number of halogens is 2. The number of rotatable bonds is 5. The molecule has 2 N–H and O–H groups in total. The normalized spacial score (nSPS) is 23.8. The zero-order chi connectivity index (χ0) is 22.9. The van der Waals surface area contributed by atoms with E-state index in [1.807, 2.05) is 24.3 Å². The van der Waals surface area contributed by atoms with Gasteiger partial charge in [-0.1, -0.05) is 60.7 Å². The van der Waals surface area contributed by atoms with Crippen LogP contribution in [0.2, 0.25) is 10.0 Å². The Morgan fingerprint density at radius 2 is 1.72 bits per heavy atom. The maximum atomic E-state index is 13.1. The summed E-state index contributed by atoms with van der Waals surface area (Å²) in [4.78, 5) is 38.5. The molecule has 2 fully saturated rings. The molecule has 0 aromatic heterocycles. The maximum absolute atomic E-state index is 13.1. The van der Waals surface area contributed by atoms with Crippen molar-refractivity contribution in [1.29, 1.82) is 0 Å². The first-order valence-corrected chi connectivity index (χ1v) is 11.7. The average Bonchev–Trinajstić information content (AvgIpc) is 2.99. The van der Waals surface area contributed by atoms with E-state index in [0.29, 0.717) is 21.7 Å². The molecule has 2 aliphatic rings. The Bertz CT molecular complexity index is 1050. The molecule has 2 atom stereocenters. The number of hydrogen-bond acceptors (Lipinski definition) is 3. The third-order valence-electron chi connectivity index (χ3n) is 6.53. The zero-order valence-electron chi connectivity index (χ0n) is 17.9. The summed E-state index contributed by atoms with van der Waals surface area (Å²) in [5.41, 5.74) is 1.40. The van der Waals surface area contributed by atoms with Crippen molar-refractivity contribution in [2.24, 2.45) is 5.92 Å². The van der Waals surface area contributed by atoms with Crippen LogP contribution in [0.4, 0.5) is 5.69 Å². The van der Waals surface area contributed by atoms with Crippen LogP contribution in [0.5, 0.6) is 0 Å². The third kappa shape index (κ3) is 4.69. The van der Waals surface area contributed by atoms with E-state index in [0.717, 1.165) is 5.56 Å². The SMILES string of the molecule is CC1(Cc2ccc(Cl)c(Cl)c2)NC(=O)C(C(=O)Nc2ccc(C3CCCCC3)cc2)C1=O. The molecule has 168 valence electrons. The third-order valence-corrected chi connectivity index (χ3v) is 7.27. The molecule has 1 heterocycles. The Morgan fingerprint density at radius 1 is 1.03 bits per heavy atom. The summed E-state index contributed by atoms with van der Waals surface area (Å²) in [6.07, 6.45) is 6.41. The van der Waals surface area contributed by atoms with Gasteiger partial charge < -0.3 is 10.6 Å². The molecule has 2 aromatic rings. The molecule has 5 nitrogen and oxygen atoms in total. The van der Waals surface area contributed by atoms with E-state index in [4.69, 9.17) is 23.2 Å². The summed E-state index contributed by atoms with van der Waals surface area (Å²) in [5.74, 6) is -2.48. The number of nitrogens with one attached hydrogen (secondary N) is 2. The van der Waals surface area contributed by atoms with Crippen LogP contribution in [0.1, 0.15) is 56.1 Å². The van der Waals surface area contributed by atoms with Crippen LogP contribution < -0.4 is 10.6 Å². The average molecular weight is 473 g/mol. The lowest BCUT2D eigenvalue weighted by Crippen LogP contribution is -2.45. The number of carbonyl (C=O) groups excluding carboxylic acids is 3. The number of benzene rings is 2. The smallest absolute Gasteiger partial charge is 0.244 e. The molecule has 2 amide bonds. The number of Topliss-reactive ketones (excluding diaryl/α,β-unsaturated/α-hetero) is 1. The van der Waals surface area contributed by atoms with Crippen molar-refractivity contribution in [3.8, 4) is 0 Å². The summed E-state index contributed by atoms with van der Waals surface area (Å²) in [7, 11) is 0. The lowest BCUT2D eigenvalue weighted by atomic mass is 9.84. The second-order valence-electron chi connectivity index (χ2n) is 8.99. The summed E-state index contributed by atoms with van der Waals surface area (Å²) >= 11 is 12.0. The number of anilines is 1. The Kier molecular flexibility index (Phi) is 6.59. The van der Waals surface area contributed by atoms with Gasteiger partial charge in [-0.3, -0.25) is 14.4 Å². The highest BCUT2D eigenvalue weighted by molar-refractivity contribution is 6.42. The summed E-state index contributed by atoms with van der Waals surface area (Å²) in [6.45, 7) is 1.63. The molecule has 0 spiro atoms. The van der Waals surface area contributed by atoms with E-state index in [1.54, 1.807) is 25.1 Å². The van der Waals surface area contributed by atoms with E-state index < -0.39 is 29.1 Å². The number of ketones is 1. The zero-order valence-corrected chi connectivity index (χ0v) is 19.4. The Morgan fingerprint density at radius 3 is 2.38 bits per heavy atom. The molecular weight excluding hydrogens is 447 g/mol. The van der Waals surface area contributed by atoms with E-state index in [1.165, 1.54) is 37.7 Å². The van der Waals surface area contributed by atoms with E-state index in [2.05, 4.69) is 10.6 Å². The summed E-state index contributed by atoms with van der Waals surface area (Å²) < 4.78 is 0. The Labute approximate surface area is 197 Å². The predicted octanol–water partition coefficient (Wildman–Crippen LogP) is 5.30. The molecule has 1 aliphatic heterocycles. The highest BCUT2D eigenvalue weighted by atomic mass is 35.5. The monoisotopic (exact) mass is 472 g/mol. The Hall–Kier alpha value is -2.37. The van der Waals surface area contributed by atoms with Crippen molar-refractivity contribution < 1.29 is 14.4 Å². The molecule has 2 unspecified atom stereocenters. The van der Waals surface area contributed by atoms with Gasteiger partial charge in [0.1, 0.15) is 5.54 Å². The van der Waals surface area contributed by atoms with Crippen LogP contribution in [0.15, 0.2) is 42.5 Å². The molecule has 7 heteroatoms. The molecule has 32 heavy (non-hydrogen) atoms. The van der Waals surface area contributed by atoms with E-state index >= 15 is 0 Å². The van der Waals surface area contributed by atoms with Gasteiger partial charge >= 0.3 is 0 Å². The van der Waals surface area contributed by atoms with Crippen molar-refractivity contribution in [1.82, 2.24) is 5.32 Å². The second kappa shape index (κ2) is 9.24. The minimum atomic E-state index is -1.39. The minimum Gasteiger partial charge on any atom is -0.342 e. The first-order valence-electron chi connectivity index (χ1n) is 11.0. The highest BCUT2D eigenvalue weighted by Crippen LogP contribution is 2.33. The van der Waals surface area contributed by atoms with Crippen molar-refractivity contribution >= 4 is 46.5 Å². The van der Waals surface area contributed by atoms with Crippen LogP contribution in [-0.2, 0) is 20.8 Å². The number of hydrogen-bond donors (Lipinski definition) is 2. The van der Waals surface area contributed by atoms with Gasteiger partial charge in [0.25, 0.3) is 0 Å².